The summed E-state index contributed by atoms with van der Waals surface area (Å²) in [6.07, 6.45) is 57.7. The number of amides is 1. The highest BCUT2D eigenvalue weighted by Gasteiger charge is 2.47. The molecule has 1 heterocycles. The number of esters is 1. The molecule has 1 rings (SSSR count). The van der Waals surface area contributed by atoms with Crippen LogP contribution in [-0.4, -0.2) is 99.6 Å². The standard InChI is InChI=1S/C68H127NO10/c1-4-7-10-13-16-19-22-25-27-28-29-30-31-32-33-34-35-36-37-40-43-46-49-52-55-61(72)67(76)69-59(60(71)54-51-48-45-42-39-24-21-18-15-12-9-6-3)58-77-68-66(65(75)64(74)62(57-70)78-68)79-63(73)56-53-50-47-44-41-38-26-23-20-17-14-11-8-5-2/h25,27,38,41,51,54,59-62,64-66,68,70-72,74-75H,4-24,26,28-37,39-40,42-50,52-53,55-58H2,1-3H3,(H,69,76)/b27-25+,41-38-,54-51+. The minimum absolute atomic E-state index is 0.106. The zero-order chi connectivity index (χ0) is 57.5. The first kappa shape index (κ1) is 74.9. The highest BCUT2D eigenvalue weighted by molar-refractivity contribution is 5.80. The van der Waals surface area contributed by atoms with Crippen molar-refractivity contribution in [3.05, 3.63) is 36.5 Å². The molecule has 464 valence electrons. The first-order chi connectivity index (χ1) is 38.7. The number of rotatable bonds is 58. The second-order valence-corrected chi connectivity index (χ2v) is 23.6. The second-order valence-electron chi connectivity index (χ2n) is 23.6. The molecule has 8 atom stereocenters. The van der Waals surface area contributed by atoms with Crippen LogP contribution >= 0.6 is 0 Å². The molecule has 0 aliphatic carbocycles. The summed E-state index contributed by atoms with van der Waals surface area (Å²) >= 11 is 0. The monoisotopic (exact) mass is 1120 g/mol. The van der Waals surface area contributed by atoms with E-state index in [1.54, 1.807) is 6.08 Å². The maximum atomic E-state index is 13.5. The van der Waals surface area contributed by atoms with Gasteiger partial charge in [-0.3, -0.25) is 9.59 Å². The Bertz CT molecular complexity index is 1420. The van der Waals surface area contributed by atoms with Crippen molar-refractivity contribution < 1.29 is 49.3 Å². The quantitative estimate of drug-likeness (QED) is 0.0195. The Morgan fingerprint density at radius 2 is 0.835 bits per heavy atom. The predicted octanol–water partition coefficient (Wildman–Crippen LogP) is 16.6. The molecule has 0 spiro atoms. The summed E-state index contributed by atoms with van der Waals surface area (Å²) in [7, 11) is 0. The molecule has 11 heteroatoms. The number of hydrogen-bond donors (Lipinski definition) is 6. The van der Waals surface area contributed by atoms with E-state index in [1.165, 1.54) is 212 Å². The third-order valence-corrected chi connectivity index (χ3v) is 16.0. The Morgan fingerprint density at radius 1 is 0.481 bits per heavy atom. The smallest absolute Gasteiger partial charge is 0.306 e. The molecule has 11 nitrogen and oxygen atoms in total. The summed E-state index contributed by atoms with van der Waals surface area (Å²) in [6, 6.07) is -1.02. The third-order valence-electron chi connectivity index (χ3n) is 16.0. The summed E-state index contributed by atoms with van der Waals surface area (Å²) in [5.41, 5.74) is 0. The molecule has 1 saturated heterocycles. The molecule has 1 amide bonds. The highest BCUT2D eigenvalue weighted by Crippen LogP contribution is 2.26. The fourth-order valence-electron chi connectivity index (χ4n) is 10.6. The summed E-state index contributed by atoms with van der Waals surface area (Å²) < 4.78 is 17.6. The van der Waals surface area contributed by atoms with Gasteiger partial charge in [0.15, 0.2) is 12.4 Å². The molecule has 0 bridgehead atoms. The molecule has 0 aromatic heterocycles. The molecule has 0 radical (unpaired) electrons. The number of nitrogens with one attached hydrogen (secondary N) is 1. The SMILES string of the molecule is CCCCCCCC/C=C/CCCCCCCCCCCCCCCCC(O)C(=O)NC(COC1OC(CO)C(O)C(O)C1OC(=O)CCCCC/C=C\CCCCCCCCC)C(O)/C=C/CCCCCCCCCCCC. The molecule has 1 fully saturated rings. The van der Waals surface area contributed by atoms with Gasteiger partial charge in [0.05, 0.1) is 25.4 Å². The number of aliphatic hydroxyl groups excluding tert-OH is 5. The van der Waals surface area contributed by atoms with Crippen molar-refractivity contribution in [2.24, 2.45) is 0 Å². The molecular formula is C68H127NO10. The molecule has 0 aromatic carbocycles. The van der Waals surface area contributed by atoms with Gasteiger partial charge in [0, 0.05) is 6.42 Å². The number of aliphatic hydroxyl groups is 5. The zero-order valence-electron chi connectivity index (χ0n) is 51.5. The van der Waals surface area contributed by atoms with E-state index in [2.05, 4.69) is 50.4 Å². The van der Waals surface area contributed by atoms with E-state index in [4.69, 9.17) is 14.2 Å². The Kier molecular flexibility index (Phi) is 53.4. The van der Waals surface area contributed by atoms with Gasteiger partial charge in [-0.15, -0.1) is 0 Å². The predicted molar refractivity (Wildman–Crippen MR) is 329 cm³/mol. The lowest BCUT2D eigenvalue weighted by molar-refractivity contribution is -0.305. The van der Waals surface area contributed by atoms with Crippen LogP contribution in [0, 0.1) is 0 Å². The van der Waals surface area contributed by atoms with E-state index >= 15 is 0 Å². The van der Waals surface area contributed by atoms with Crippen LogP contribution in [0.1, 0.15) is 323 Å². The Morgan fingerprint density at radius 3 is 1.23 bits per heavy atom. The Labute approximate surface area is 485 Å². The van der Waals surface area contributed by atoms with Gasteiger partial charge in [0.2, 0.25) is 5.91 Å². The number of ether oxygens (including phenoxy) is 3. The van der Waals surface area contributed by atoms with Crippen LogP contribution < -0.4 is 5.32 Å². The molecule has 0 saturated carbocycles. The fourth-order valence-corrected chi connectivity index (χ4v) is 10.6. The Hall–Kier alpha value is -2.12. The lowest BCUT2D eigenvalue weighted by Gasteiger charge is -2.41. The number of carbonyl (C=O) groups is 2. The highest BCUT2D eigenvalue weighted by atomic mass is 16.7. The fraction of sp³-hybridized carbons (Fsp3) is 0.882. The maximum absolute atomic E-state index is 13.5. The van der Waals surface area contributed by atoms with Gasteiger partial charge >= 0.3 is 5.97 Å². The van der Waals surface area contributed by atoms with Crippen molar-refractivity contribution in [1.29, 1.82) is 0 Å². The van der Waals surface area contributed by atoms with Crippen LogP contribution in [0.4, 0.5) is 0 Å². The van der Waals surface area contributed by atoms with Gasteiger partial charge in [-0.25, -0.2) is 0 Å². The van der Waals surface area contributed by atoms with Crippen LogP contribution in [-0.2, 0) is 23.8 Å². The van der Waals surface area contributed by atoms with Gasteiger partial charge in [0.25, 0.3) is 0 Å². The summed E-state index contributed by atoms with van der Waals surface area (Å²) in [5, 5.41) is 57.1. The van der Waals surface area contributed by atoms with E-state index in [9.17, 15) is 35.1 Å². The van der Waals surface area contributed by atoms with Crippen molar-refractivity contribution in [3.63, 3.8) is 0 Å². The molecular weight excluding hydrogens is 991 g/mol. The van der Waals surface area contributed by atoms with Gasteiger partial charge < -0.3 is 45.1 Å². The molecule has 6 N–H and O–H groups in total. The topological polar surface area (TPSA) is 175 Å². The molecule has 1 aliphatic heterocycles. The first-order valence-corrected chi connectivity index (χ1v) is 33.8. The molecule has 1 aliphatic rings. The van der Waals surface area contributed by atoms with Gasteiger partial charge in [-0.2, -0.15) is 0 Å². The van der Waals surface area contributed by atoms with Gasteiger partial charge in [-0.05, 0) is 77.0 Å². The molecule has 79 heavy (non-hydrogen) atoms. The van der Waals surface area contributed by atoms with Gasteiger partial charge in [-0.1, -0.05) is 276 Å². The van der Waals surface area contributed by atoms with E-state index < -0.39 is 67.4 Å². The zero-order valence-corrected chi connectivity index (χ0v) is 51.5. The number of allylic oxidation sites excluding steroid dienone is 5. The average molecular weight is 1120 g/mol. The minimum Gasteiger partial charge on any atom is -0.454 e. The van der Waals surface area contributed by atoms with Crippen molar-refractivity contribution in [2.45, 2.75) is 372 Å². The lowest BCUT2D eigenvalue weighted by Crippen LogP contribution is -2.61. The van der Waals surface area contributed by atoms with Crippen molar-refractivity contribution >= 4 is 11.9 Å². The van der Waals surface area contributed by atoms with Crippen molar-refractivity contribution in [2.75, 3.05) is 13.2 Å². The Balaban J connectivity index is 2.59. The van der Waals surface area contributed by atoms with Crippen LogP contribution in [0.2, 0.25) is 0 Å². The summed E-state index contributed by atoms with van der Waals surface area (Å²) in [5.74, 6) is -1.20. The van der Waals surface area contributed by atoms with Crippen LogP contribution in [0.3, 0.4) is 0 Å². The summed E-state index contributed by atoms with van der Waals surface area (Å²) in [6.45, 7) is 5.80. The van der Waals surface area contributed by atoms with Crippen LogP contribution in [0.25, 0.3) is 0 Å². The lowest BCUT2D eigenvalue weighted by atomic mass is 9.99. The first-order valence-electron chi connectivity index (χ1n) is 33.8. The minimum atomic E-state index is -1.62. The number of hydrogen-bond acceptors (Lipinski definition) is 10. The third kappa shape index (κ3) is 44.1. The van der Waals surface area contributed by atoms with E-state index in [-0.39, 0.29) is 13.0 Å². The largest absolute Gasteiger partial charge is 0.454 e. The average Bonchev–Trinajstić information content (AvgIpc) is 3.46. The second kappa shape index (κ2) is 56.4. The molecule has 0 aromatic rings. The van der Waals surface area contributed by atoms with Crippen LogP contribution in [0.15, 0.2) is 36.5 Å². The number of carbonyl (C=O) groups excluding carboxylic acids is 2. The van der Waals surface area contributed by atoms with Crippen molar-refractivity contribution in [1.82, 2.24) is 5.32 Å². The summed E-state index contributed by atoms with van der Waals surface area (Å²) in [4.78, 5) is 26.6. The van der Waals surface area contributed by atoms with Gasteiger partial charge in [0.1, 0.15) is 24.4 Å². The number of unbranched alkanes of at least 4 members (excludes halogenated alkanes) is 40. The molecule has 8 unspecified atom stereocenters. The van der Waals surface area contributed by atoms with E-state index in [0.29, 0.717) is 19.3 Å². The van der Waals surface area contributed by atoms with Crippen molar-refractivity contribution in [3.8, 4) is 0 Å². The van der Waals surface area contributed by atoms with E-state index in [1.807, 2.05) is 6.08 Å². The normalized spacial score (nSPS) is 19.0. The van der Waals surface area contributed by atoms with Crippen LogP contribution in [0.5, 0.6) is 0 Å². The van der Waals surface area contributed by atoms with E-state index in [0.717, 1.165) is 64.2 Å². The maximum Gasteiger partial charge on any atom is 0.306 e.